The van der Waals surface area contributed by atoms with Gasteiger partial charge in [-0.3, -0.25) is 10.1 Å². The van der Waals surface area contributed by atoms with Gasteiger partial charge < -0.3 is 15.4 Å². The van der Waals surface area contributed by atoms with E-state index in [1.807, 2.05) is 13.0 Å². The molecule has 3 rings (SSSR count). The molecule has 0 radical (unpaired) electrons. The van der Waals surface area contributed by atoms with Crippen LogP contribution in [-0.2, 0) is 0 Å². The minimum Gasteiger partial charge on any atom is -0.495 e. The molecule has 0 fully saturated rings. The van der Waals surface area contributed by atoms with Crippen molar-refractivity contribution in [3.05, 3.63) is 70.3 Å². The molecule has 2 N–H and O–H groups in total. The Bertz CT molecular complexity index is 979. The summed E-state index contributed by atoms with van der Waals surface area (Å²) in [5.74, 6) is 0.0902. The maximum absolute atomic E-state index is 13.1. The molecular formula is C18H16FN5O3. The van der Waals surface area contributed by atoms with E-state index < -0.39 is 10.7 Å². The van der Waals surface area contributed by atoms with Crippen molar-refractivity contribution in [1.82, 2.24) is 9.97 Å². The Kier molecular flexibility index (Phi) is 5.11. The fourth-order valence-corrected chi connectivity index (χ4v) is 2.45. The molecule has 2 aromatic carbocycles. The average Bonchev–Trinajstić information content (AvgIpc) is 2.64. The highest BCUT2D eigenvalue weighted by molar-refractivity contribution is 5.78. The molecule has 0 spiro atoms. The van der Waals surface area contributed by atoms with Crippen molar-refractivity contribution < 1.29 is 14.1 Å². The molecule has 0 atom stereocenters. The first kappa shape index (κ1) is 18.1. The van der Waals surface area contributed by atoms with E-state index in [9.17, 15) is 14.5 Å². The Hall–Kier alpha value is -3.75. The Morgan fingerprint density at radius 3 is 2.37 bits per heavy atom. The van der Waals surface area contributed by atoms with E-state index in [4.69, 9.17) is 4.74 Å². The summed E-state index contributed by atoms with van der Waals surface area (Å²) in [6.07, 6.45) is 1.20. The van der Waals surface area contributed by atoms with Gasteiger partial charge >= 0.3 is 5.69 Å². The summed E-state index contributed by atoms with van der Waals surface area (Å²) in [5.41, 5.74) is 1.59. The molecule has 1 aromatic heterocycles. The monoisotopic (exact) mass is 369 g/mol. The molecule has 0 aliphatic rings. The molecule has 138 valence electrons. The standard InChI is InChI=1S/C18H16FN5O3/c1-11-3-8-15(27-2)14(9-11)23-18-16(24(25)26)17(20-10-21-18)22-13-6-4-12(19)5-7-13/h3-10H,1-2H3,(H2,20,21,22,23). The first-order valence-electron chi connectivity index (χ1n) is 7.91. The van der Waals surface area contributed by atoms with Crippen LogP contribution in [0.3, 0.4) is 0 Å². The van der Waals surface area contributed by atoms with Crippen LogP contribution in [0.5, 0.6) is 5.75 Å². The number of ether oxygens (including phenoxy) is 1. The summed E-state index contributed by atoms with van der Waals surface area (Å²) in [7, 11) is 1.51. The smallest absolute Gasteiger partial charge is 0.353 e. The van der Waals surface area contributed by atoms with Gasteiger partial charge in [-0.25, -0.2) is 14.4 Å². The van der Waals surface area contributed by atoms with E-state index >= 15 is 0 Å². The number of nitro groups is 1. The third-order valence-corrected chi connectivity index (χ3v) is 3.72. The molecule has 3 aromatic rings. The second kappa shape index (κ2) is 7.65. The van der Waals surface area contributed by atoms with Crippen molar-refractivity contribution >= 4 is 28.7 Å². The maximum atomic E-state index is 13.1. The minimum absolute atomic E-state index is 0.00325. The van der Waals surface area contributed by atoms with Gasteiger partial charge in [0, 0.05) is 5.69 Å². The van der Waals surface area contributed by atoms with Crippen molar-refractivity contribution in [2.75, 3.05) is 17.7 Å². The molecule has 0 aliphatic carbocycles. The molecule has 0 unspecified atom stereocenters. The Balaban J connectivity index is 2.00. The van der Waals surface area contributed by atoms with Crippen LogP contribution < -0.4 is 15.4 Å². The van der Waals surface area contributed by atoms with Gasteiger partial charge in [-0.1, -0.05) is 6.07 Å². The van der Waals surface area contributed by atoms with E-state index in [0.29, 0.717) is 17.1 Å². The van der Waals surface area contributed by atoms with E-state index in [1.165, 1.54) is 37.7 Å². The van der Waals surface area contributed by atoms with Crippen molar-refractivity contribution in [2.24, 2.45) is 0 Å². The predicted molar refractivity (Wildman–Crippen MR) is 99.4 cm³/mol. The SMILES string of the molecule is COc1ccc(C)cc1Nc1ncnc(Nc2ccc(F)cc2)c1[N+](=O)[O-]. The van der Waals surface area contributed by atoms with E-state index in [2.05, 4.69) is 20.6 Å². The Morgan fingerprint density at radius 2 is 1.74 bits per heavy atom. The number of halogens is 1. The molecule has 27 heavy (non-hydrogen) atoms. The second-order valence-electron chi connectivity index (χ2n) is 5.64. The van der Waals surface area contributed by atoms with Crippen molar-refractivity contribution in [1.29, 1.82) is 0 Å². The zero-order chi connectivity index (χ0) is 19.4. The highest BCUT2D eigenvalue weighted by Crippen LogP contribution is 2.35. The van der Waals surface area contributed by atoms with Gasteiger partial charge in [0.15, 0.2) is 0 Å². The van der Waals surface area contributed by atoms with Crippen molar-refractivity contribution in [2.45, 2.75) is 6.92 Å². The second-order valence-corrected chi connectivity index (χ2v) is 5.64. The fourth-order valence-electron chi connectivity index (χ4n) is 2.45. The van der Waals surface area contributed by atoms with E-state index in [1.54, 1.807) is 12.1 Å². The minimum atomic E-state index is -0.587. The highest BCUT2D eigenvalue weighted by atomic mass is 19.1. The van der Waals surface area contributed by atoms with Crippen LogP contribution in [0.1, 0.15) is 5.56 Å². The van der Waals surface area contributed by atoms with Crippen LogP contribution in [0.15, 0.2) is 48.8 Å². The lowest BCUT2D eigenvalue weighted by Gasteiger charge is -2.13. The average molecular weight is 369 g/mol. The zero-order valence-corrected chi connectivity index (χ0v) is 14.6. The van der Waals surface area contributed by atoms with Crippen LogP contribution in [0.2, 0.25) is 0 Å². The lowest BCUT2D eigenvalue weighted by Crippen LogP contribution is -2.06. The number of benzene rings is 2. The molecule has 0 amide bonds. The molecule has 0 aliphatic heterocycles. The molecule has 8 nitrogen and oxygen atoms in total. The molecule has 9 heteroatoms. The normalized spacial score (nSPS) is 10.3. The largest absolute Gasteiger partial charge is 0.495 e. The number of hydrogen-bond donors (Lipinski definition) is 2. The highest BCUT2D eigenvalue weighted by Gasteiger charge is 2.24. The van der Waals surface area contributed by atoms with Crippen LogP contribution in [0.25, 0.3) is 0 Å². The summed E-state index contributed by atoms with van der Waals surface area (Å²) in [6, 6.07) is 10.8. The number of hydrogen-bond acceptors (Lipinski definition) is 7. The number of methoxy groups -OCH3 is 1. The van der Waals surface area contributed by atoms with Gasteiger partial charge in [-0.2, -0.15) is 0 Å². The van der Waals surface area contributed by atoms with E-state index in [0.717, 1.165) is 5.56 Å². The van der Waals surface area contributed by atoms with Gasteiger partial charge in [0.25, 0.3) is 0 Å². The van der Waals surface area contributed by atoms with Gasteiger partial charge in [0.2, 0.25) is 11.6 Å². The molecule has 1 heterocycles. The topological polar surface area (TPSA) is 102 Å². The third kappa shape index (κ3) is 4.09. The number of aryl methyl sites for hydroxylation is 1. The third-order valence-electron chi connectivity index (χ3n) is 3.72. The molecule has 0 bridgehead atoms. The first-order chi connectivity index (χ1) is 13.0. The maximum Gasteiger partial charge on any atom is 0.353 e. The molecule has 0 saturated heterocycles. The summed E-state index contributed by atoms with van der Waals surface area (Å²) < 4.78 is 18.3. The van der Waals surface area contributed by atoms with Crippen LogP contribution >= 0.6 is 0 Å². The Labute approximate surface area is 154 Å². The predicted octanol–water partition coefficient (Wildman–Crippen LogP) is 4.33. The lowest BCUT2D eigenvalue weighted by molar-refractivity contribution is -0.383. The summed E-state index contributed by atoms with van der Waals surface area (Å²) >= 11 is 0. The van der Waals surface area contributed by atoms with Crippen molar-refractivity contribution in [3.8, 4) is 5.75 Å². The summed E-state index contributed by atoms with van der Waals surface area (Å²) in [4.78, 5) is 19.0. The van der Waals surface area contributed by atoms with E-state index in [-0.39, 0.29) is 17.3 Å². The summed E-state index contributed by atoms with van der Waals surface area (Å²) in [5, 5.41) is 17.4. The van der Waals surface area contributed by atoms with Crippen LogP contribution in [0, 0.1) is 22.9 Å². The van der Waals surface area contributed by atoms with Crippen LogP contribution in [0.4, 0.5) is 33.1 Å². The molecule has 0 saturated carbocycles. The first-order valence-corrected chi connectivity index (χ1v) is 7.91. The number of nitrogens with zero attached hydrogens (tertiary/aromatic N) is 3. The lowest BCUT2D eigenvalue weighted by atomic mass is 10.2. The van der Waals surface area contributed by atoms with Gasteiger partial charge in [0.1, 0.15) is 17.9 Å². The zero-order valence-electron chi connectivity index (χ0n) is 14.6. The van der Waals surface area contributed by atoms with Gasteiger partial charge in [-0.05, 0) is 48.9 Å². The van der Waals surface area contributed by atoms with Gasteiger partial charge in [-0.15, -0.1) is 0 Å². The number of rotatable bonds is 6. The number of aromatic nitrogens is 2. The fraction of sp³-hybridized carbons (Fsp3) is 0.111. The number of anilines is 4. The number of nitrogens with one attached hydrogen (secondary N) is 2. The van der Waals surface area contributed by atoms with Gasteiger partial charge in [0.05, 0.1) is 17.7 Å². The van der Waals surface area contributed by atoms with Crippen LogP contribution in [-0.4, -0.2) is 22.0 Å². The molecular weight excluding hydrogens is 353 g/mol. The summed E-state index contributed by atoms with van der Waals surface area (Å²) in [6.45, 7) is 1.89. The van der Waals surface area contributed by atoms with Crippen molar-refractivity contribution in [3.63, 3.8) is 0 Å². The Morgan fingerprint density at radius 1 is 1.07 bits per heavy atom. The quantitative estimate of drug-likeness (QED) is 0.492.